The fraction of sp³-hybridized carbons (Fsp3) is 0.0625. The largest absolute Gasteiger partial charge is 0.465 e. The Bertz CT molecular complexity index is 805. The molecule has 0 fully saturated rings. The number of rotatable bonds is 3. The van der Waals surface area contributed by atoms with Crippen LogP contribution in [0.1, 0.15) is 25.7 Å². The molecule has 0 radical (unpaired) electrons. The van der Waals surface area contributed by atoms with E-state index in [-0.39, 0.29) is 5.78 Å². The SMILES string of the molecule is COC(=O)c1cccc(C(=O)c2nc3ccccc3s2)c1. The van der Waals surface area contributed by atoms with Crippen LogP contribution in [0.2, 0.25) is 0 Å². The van der Waals surface area contributed by atoms with E-state index in [4.69, 9.17) is 0 Å². The standard InChI is InChI=1S/C16H11NO3S/c1-20-16(19)11-6-4-5-10(9-11)14(18)15-17-12-7-2-3-8-13(12)21-15/h2-9H,1H3. The molecule has 1 aromatic heterocycles. The third-order valence-electron chi connectivity index (χ3n) is 3.03. The van der Waals surface area contributed by atoms with Crippen molar-refractivity contribution in [1.82, 2.24) is 4.98 Å². The lowest BCUT2D eigenvalue weighted by Gasteiger charge is -2.01. The molecule has 3 aromatic rings. The van der Waals surface area contributed by atoms with Crippen molar-refractivity contribution in [3.8, 4) is 0 Å². The summed E-state index contributed by atoms with van der Waals surface area (Å²) in [6, 6.07) is 14.1. The van der Waals surface area contributed by atoms with E-state index in [0.717, 1.165) is 10.2 Å². The number of hydrogen-bond donors (Lipinski definition) is 0. The number of methoxy groups -OCH3 is 1. The number of nitrogens with zero attached hydrogens (tertiary/aromatic N) is 1. The molecule has 21 heavy (non-hydrogen) atoms. The molecule has 0 saturated heterocycles. The molecule has 0 saturated carbocycles. The summed E-state index contributed by atoms with van der Waals surface area (Å²) in [5, 5.41) is 0.415. The van der Waals surface area contributed by atoms with Gasteiger partial charge in [-0.3, -0.25) is 4.79 Å². The zero-order chi connectivity index (χ0) is 14.8. The molecule has 104 valence electrons. The molecule has 0 aliphatic heterocycles. The topological polar surface area (TPSA) is 56.3 Å². The van der Waals surface area contributed by atoms with Crippen LogP contribution in [0, 0.1) is 0 Å². The summed E-state index contributed by atoms with van der Waals surface area (Å²) in [5.41, 5.74) is 1.58. The van der Waals surface area contributed by atoms with Gasteiger partial charge in [-0.2, -0.15) is 0 Å². The first-order valence-corrected chi connectivity index (χ1v) is 7.09. The van der Waals surface area contributed by atoms with Gasteiger partial charge in [0.1, 0.15) is 0 Å². The van der Waals surface area contributed by atoms with Gasteiger partial charge in [-0.1, -0.05) is 24.3 Å². The number of carbonyl (C=O) groups is 2. The zero-order valence-electron chi connectivity index (χ0n) is 11.2. The molecule has 0 amide bonds. The number of thiazole rings is 1. The first kappa shape index (κ1) is 13.5. The fourth-order valence-electron chi connectivity index (χ4n) is 2.00. The Morgan fingerprint density at radius 1 is 1.05 bits per heavy atom. The van der Waals surface area contributed by atoms with Gasteiger partial charge >= 0.3 is 5.97 Å². The second kappa shape index (κ2) is 5.46. The molecule has 5 heteroatoms. The van der Waals surface area contributed by atoms with Gasteiger partial charge in [-0.15, -0.1) is 11.3 Å². The summed E-state index contributed by atoms with van der Waals surface area (Å²) in [4.78, 5) is 28.3. The van der Waals surface area contributed by atoms with Gasteiger partial charge in [0.05, 0.1) is 22.9 Å². The van der Waals surface area contributed by atoms with Crippen LogP contribution in [0.3, 0.4) is 0 Å². The smallest absolute Gasteiger partial charge is 0.337 e. The van der Waals surface area contributed by atoms with E-state index in [9.17, 15) is 9.59 Å². The summed E-state index contributed by atoms with van der Waals surface area (Å²) >= 11 is 1.34. The summed E-state index contributed by atoms with van der Waals surface area (Å²) in [6.45, 7) is 0. The molecule has 0 N–H and O–H groups in total. The summed E-state index contributed by atoms with van der Waals surface area (Å²) in [5.74, 6) is -0.657. The minimum absolute atomic E-state index is 0.193. The Morgan fingerprint density at radius 3 is 2.57 bits per heavy atom. The molecular formula is C16H11NO3S. The van der Waals surface area contributed by atoms with E-state index >= 15 is 0 Å². The highest BCUT2D eigenvalue weighted by atomic mass is 32.1. The van der Waals surface area contributed by atoms with Crippen molar-refractivity contribution in [2.45, 2.75) is 0 Å². The predicted molar refractivity (Wildman–Crippen MR) is 80.8 cm³/mol. The van der Waals surface area contributed by atoms with E-state index < -0.39 is 5.97 Å². The van der Waals surface area contributed by atoms with Crippen LogP contribution in [-0.2, 0) is 4.74 Å². The highest BCUT2D eigenvalue weighted by Gasteiger charge is 2.16. The van der Waals surface area contributed by atoms with Crippen molar-refractivity contribution >= 4 is 33.3 Å². The molecule has 2 aromatic carbocycles. The number of hydrogen-bond acceptors (Lipinski definition) is 5. The Labute approximate surface area is 125 Å². The second-order valence-corrected chi connectivity index (χ2v) is 5.42. The van der Waals surface area contributed by atoms with Gasteiger partial charge in [-0.05, 0) is 24.3 Å². The van der Waals surface area contributed by atoms with Gasteiger partial charge in [0.2, 0.25) is 5.78 Å². The Kier molecular flexibility index (Phi) is 3.50. The first-order chi connectivity index (χ1) is 10.2. The van der Waals surface area contributed by atoms with E-state index in [1.807, 2.05) is 24.3 Å². The maximum Gasteiger partial charge on any atom is 0.337 e. The molecule has 0 bridgehead atoms. The maximum absolute atomic E-state index is 12.5. The molecule has 1 heterocycles. The average molecular weight is 297 g/mol. The van der Waals surface area contributed by atoms with Gasteiger partial charge in [0, 0.05) is 5.56 Å². The summed E-state index contributed by atoms with van der Waals surface area (Å²) in [6.07, 6.45) is 0. The van der Waals surface area contributed by atoms with Crippen molar-refractivity contribution in [3.63, 3.8) is 0 Å². The van der Waals surface area contributed by atoms with Gasteiger partial charge in [0.25, 0.3) is 0 Å². The lowest BCUT2D eigenvalue weighted by atomic mass is 10.1. The van der Waals surface area contributed by atoms with Gasteiger partial charge in [0.15, 0.2) is 5.01 Å². The van der Waals surface area contributed by atoms with Gasteiger partial charge < -0.3 is 4.74 Å². The summed E-state index contributed by atoms with van der Waals surface area (Å²) in [7, 11) is 1.31. The number of benzene rings is 2. The molecular weight excluding hydrogens is 286 g/mol. The van der Waals surface area contributed by atoms with Crippen LogP contribution in [-0.4, -0.2) is 23.8 Å². The minimum Gasteiger partial charge on any atom is -0.465 e. The maximum atomic E-state index is 12.5. The Hall–Kier alpha value is -2.53. The molecule has 0 unspecified atom stereocenters. The number of ketones is 1. The third kappa shape index (κ3) is 2.55. The number of esters is 1. The van der Waals surface area contributed by atoms with Crippen molar-refractivity contribution in [3.05, 3.63) is 64.7 Å². The van der Waals surface area contributed by atoms with Crippen LogP contribution in [0.5, 0.6) is 0 Å². The minimum atomic E-state index is -0.464. The van der Waals surface area contributed by atoms with Crippen LogP contribution >= 0.6 is 11.3 Å². The first-order valence-electron chi connectivity index (χ1n) is 6.27. The lowest BCUT2D eigenvalue weighted by Crippen LogP contribution is -2.05. The number of carbonyl (C=O) groups excluding carboxylic acids is 2. The van der Waals surface area contributed by atoms with E-state index in [0.29, 0.717) is 16.1 Å². The monoisotopic (exact) mass is 297 g/mol. The molecule has 4 nitrogen and oxygen atoms in total. The second-order valence-electron chi connectivity index (χ2n) is 4.39. The molecule has 3 rings (SSSR count). The van der Waals surface area contributed by atoms with Crippen LogP contribution in [0.4, 0.5) is 0 Å². The highest BCUT2D eigenvalue weighted by Crippen LogP contribution is 2.24. The predicted octanol–water partition coefficient (Wildman–Crippen LogP) is 3.31. The van der Waals surface area contributed by atoms with Crippen molar-refractivity contribution in [1.29, 1.82) is 0 Å². The normalized spacial score (nSPS) is 10.5. The quantitative estimate of drug-likeness (QED) is 0.550. The van der Waals surface area contributed by atoms with Crippen LogP contribution in [0.25, 0.3) is 10.2 Å². The van der Waals surface area contributed by atoms with Gasteiger partial charge in [-0.25, -0.2) is 9.78 Å². The Balaban J connectivity index is 1.99. The third-order valence-corrected chi connectivity index (χ3v) is 4.07. The number of fused-ring (bicyclic) bond motifs is 1. The van der Waals surface area contributed by atoms with Crippen LogP contribution in [0.15, 0.2) is 48.5 Å². The van der Waals surface area contributed by atoms with E-state index in [1.165, 1.54) is 24.5 Å². The van der Waals surface area contributed by atoms with E-state index in [1.54, 1.807) is 18.2 Å². The van der Waals surface area contributed by atoms with Crippen molar-refractivity contribution in [2.75, 3.05) is 7.11 Å². The zero-order valence-corrected chi connectivity index (χ0v) is 12.0. The molecule has 0 atom stereocenters. The average Bonchev–Trinajstić information content (AvgIpc) is 2.97. The van der Waals surface area contributed by atoms with Crippen molar-refractivity contribution in [2.24, 2.45) is 0 Å². The number of para-hydroxylation sites is 1. The van der Waals surface area contributed by atoms with E-state index in [2.05, 4.69) is 9.72 Å². The highest BCUT2D eigenvalue weighted by molar-refractivity contribution is 7.20. The number of aromatic nitrogens is 1. The van der Waals surface area contributed by atoms with Crippen molar-refractivity contribution < 1.29 is 14.3 Å². The van der Waals surface area contributed by atoms with Crippen LogP contribution < -0.4 is 0 Å². The fourth-order valence-corrected chi connectivity index (χ4v) is 2.93. The molecule has 0 aliphatic rings. The molecule has 0 spiro atoms. The number of ether oxygens (including phenoxy) is 1. The lowest BCUT2D eigenvalue weighted by molar-refractivity contribution is 0.0600. The summed E-state index contributed by atoms with van der Waals surface area (Å²) < 4.78 is 5.62. The Morgan fingerprint density at radius 2 is 1.81 bits per heavy atom. The molecule has 0 aliphatic carbocycles.